The van der Waals surface area contributed by atoms with E-state index in [0.29, 0.717) is 5.69 Å². The Kier molecular flexibility index (Phi) is 4.54. The number of ether oxygens (including phenoxy) is 1. The highest BCUT2D eigenvalue weighted by Gasteiger charge is 2.16. The highest BCUT2D eigenvalue weighted by Crippen LogP contribution is 2.33. The molecule has 0 bridgehead atoms. The Bertz CT molecular complexity index is 664. The van der Waals surface area contributed by atoms with Crippen LogP contribution in [-0.4, -0.2) is 15.9 Å². The lowest BCUT2D eigenvalue weighted by atomic mass is 10.1. The van der Waals surface area contributed by atoms with Crippen LogP contribution >= 0.6 is 11.6 Å². The Morgan fingerprint density at radius 2 is 2.00 bits per heavy atom. The summed E-state index contributed by atoms with van der Waals surface area (Å²) >= 11 is 5.91. The minimum Gasteiger partial charge on any atom is -0.420 e. The molecule has 0 saturated heterocycles. The van der Waals surface area contributed by atoms with Gasteiger partial charge in [0.25, 0.3) is 0 Å². The molecule has 0 unspecified atom stereocenters. The summed E-state index contributed by atoms with van der Waals surface area (Å²) in [5.74, 6) is -1.40. The summed E-state index contributed by atoms with van der Waals surface area (Å²) in [7, 11) is 0. The molecule has 0 atom stereocenters. The van der Waals surface area contributed by atoms with Crippen molar-refractivity contribution in [2.75, 3.05) is 5.73 Å². The molecule has 0 aliphatic heterocycles. The maximum Gasteiger partial charge on any atom is 0.322 e. The summed E-state index contributed by atoms with van der Waals surface area (Å²) in [6.45, 7) is 0. The van der Waals surface area contributed by atoms with E-state index in [4.69, 9.17) is 27.8 Å². The van der Waals surface area contributed by atoms with Crippen molar-refractivity contribution in [1.82, 2.24) is 9.97 Å². The number of anilines is 1. The quantitative estimate of drug-likeness (QED) is 0.879. The Balaban J connectivity index is 2.27. The predicted octanol–water partition coefficient (Wildman–Crippen LogP) is 2.06. The fourth-order valence-corrected chi connectivity index (χ4v) is 1.77. The van der Waals surface area contributed by atoms with Crippen molar-refractivity contribution in [3.05, 3.63) is 40.9 Å². The molecule has 1 aromatic heterocycles. The molecule has 0 fully saturated rings. The molecule has 2 aromatic rings. The third-order valence-electron chi connectivity index (χ3n) is 2.61. The van der Waals surface area contributed by atoms with Gasteiger partial charge in [0.15, 0.2) is 11.6 Å². The number of aryl methyl sites for hydroxylation is 1. The van der Waals surface area contributed by atoms with E-state index in [9.17, 15) is 9.18 Å². The molecule has 6 nitrogen and oxygen atoms in total. The molecule has 0 aliphatic rings. The van der Waals surface area contributed by atoms with Gasteiger partial charge in [-0.05, 0) is 18.1 Å². The minimum absolute atomic E-state index is 0.0242. The average Bonchev–Trinajstić information content (AvgIpc) is 2.44. The zero-order valence-electron chi connectivity index (χ0n) is 10.8. The van der Waals surface area contributed by atoms with E-state index in [-0.39, 0.29) is 35.2 Å². The summed E-state index contributed by atoms with van der Waals surface area (Å²) < 4.78 is 19.5. The van der Waals surface area contributed by atoms with E-state index < -0.39 is 11.7 Å². The van der Waals surface area contributed by atoms with E-state index in [2.05, 4.69) is 9.97 Å². The minimum atomic E-state index is -0.677. The van der Waals surface area contributed by atoms with E-state index in [1.165, 1.54) is 24.5 Å². The second-order valence-electron chi connectivity index (χ2n) is 4.22. The lowest BCUT2D eigenvalue weighted by molar-refractivity contribution is -0.117. The van der Waals surface area contributed by atoms with Gasteiger partial charge in [-0.25, -0.2) is 14.4 Å². The van der Waals surface area contributed by atoms with Crippen molar-refractivity contribution in [3.8, 4) is 11.8 Å². The van der Waals surface area contributed by atoms with Crippen LogP contribution in [0.3, 0.4) is 0 Å². The summed E-state index contributed by atoms with van der Waals surface area (Å²) in [6, 6.07) is 2.85. The maximum atomic E-state index is 14.3. The molecule has 110 valence electrons. The Hall–Kier alpha value is -2.41. The van der Waals surface area contributed by atoms with Gasteiger partial charge in [0.2, 0.25) is 5.91 Å². The molecule has 0 aliphatic carbocycles. The third kappa shape index (κ3) is 3.79. The van der Waals surface area contributed by atoms with Gasteiger partial charge < -0.3 is 16.2 Å². The lowest BCUT2D eigenvalue weighted by Crippen LogP contribution is -2.11. The second-order valence-corrected chi connectivity index (χ2v) is 4.62. The number of hydrogen-bond acceptors (Lipinski definition) is 5. The van der Waals surface area contributed by atoms with E-state index in [0.717, 1.165) is 0 Å². The molecule has 4 N–H and O–H groups in total. The molecule has 1 heterocycles. The first kappa shape index (κ1) is 15.0. The molecular formula is C13H12ClFN4O2. The highest BCUT2D eigenvalue weighted by atomic mass is 35.5. The Morgan fingerprint density at radius 3 is 2.62 bits per heavy atom. The number of rotatable bonds is 5. The number of nitrogen functional groups attached to an aromatic ring is 1. The molecule has 8 heteroatoms. The molecule has 0 spiro atoms. The smallest absolute Gasteiger partial charge is 0.322 e. The number of amides is 1. The van der Waals surface area contributed by atoms with Crippen molar-refractivity contribution in [3.63, 3.8) is 0 Å². The van der Waals surface area contributed by atoms with E-state index in [1.807, 2.05) is 0 Å². The number of benzene rings is 1. The highest BCUT2D eigenvalue weighted by molar-refractivity contribution is 6.32. The Morgan fingerprint density at radius 1 is 1.33 bits per heavy atom. The molecule has 1 amide bonds. The molecule has 0 saturated carbocycles. The normalized spacial score (nSPS) is 10.4. The molecule has 2 rings (SSSR count). The number of nitrogens with zero attached hydrogens (tertiary/aromatic N) is 2. The number of nitrogens with two attached hydrogens (primary N) is 2. The lowest BCUT2D eigenvalue weighted by Gasteiger charge is -2.10. The molecular weight excluding hydrogens is 299 g/mol. The average molecular weight is 311 g/mol. The van der Waals surface area contributed by atoms with Crippen LogP contribution in [0.5, 0.6) is 11.8 Å². The number of hydrogen-bond donors (Lipinski definition) is 2. The number of carbonyl (C=O) groups excluding carboxylic acids is 1. The van der Waals surface area contributed by atoms with Gasteiger partial charge >= 0.3 is 6.01 Å². The van der Waals surface area contributed by atoms with Crippen molar-refractivity contribution in [2.24, 2.45) is 5.73 Å². The standard InChI is InChI=1S/C13H12ClFN4O2/c14-9-3-1-7(2-4-10(17)20)11(15)12(9)21-13-18-5-8(16)6-19-13/h1,3,5-6H,2,4,16H2,(H2,17,20). The van der Waals surface area contributed by atoms with E-state index in [1.54, 1.807) is 0 Å². The van der Waals surface area contributed by atoms with Gasteiger partial charge in [-0.2, -0.15) is 0 Å². The van der Waals surface area contributed by atoms with Crippen LogP contribution < -0.4 is 16.2 Å². The van der Waals surface area contributed by atoms with Gasteiger partial charge in [0.1, 0.15) is 0 Å². The van der Waals surface area contributed by atoms with Gasteiger partial charge in [-0.15, -0.1) is 0 Å². The zero-order chi connectivity index (χ0) is 15.4. The fraction of sp³-hybridized carbons (Fsp3) is 0.154. The van der Waals surface area contributed by atoms with Crippen LogP contribution in [0.2, 0.25) is 5.02 Å². The third-order valence-corrected chi connectivity index (χ3v) is 2.91. The van der Waals surface area contributed by atoms with Crippen LogP contribution in [0, 0.1) is 5.82 Å². The van der Waals surface area contributed by atoms with Crippen LogP contribution in [-0.2, 0) is 11.2 Å². The predicted molar refractivity (Wildman–Crippen MR) is 75.4 cm³/mol. The first-order valence-corrected chi connectivity index (χ1v) is 6.35. The molecule has 21 heavy (non-hydrogen) atoms. The number of aromatic nitrogens is 2. The first-order valence-electron chi connectivity index (χ1n) is 5.98. The number of primary amides is 1. The monoisotopic (exact) mass is 310 g/mol. The van der Waals surface area contributed by atoms with Crippen molar-refractivity contribution in [2.45, 2.75) is 12.8 Å². The topological polar surface area (TPSA) is 104 Å². The number of halogens is 2. The molecule has 1 aromatic carbocycles. The fourth-order valence-electron chi connectivity index (χ4n) is 1.59. The van der Waals surface area contributed by atoms with Crippen LogP contribution in [0.1, 0.15) is 12.0 Å². The summed E-state index contributed by atoms with van der Waals surface area (Å²) in [4.78, 5) is 18.4. The largest absolute Gasteiger partial charge is 0.420 e. The van der Waals surface area contributed by atoms with Gasteiger partial charge in [0, 0.05) is 6.42 Å². The van der Waals surface area contributed by atoms with Crippen molar-refractivity contribution in [1.29, 1.82) is 0 Å². The molecule has 0 radical (unpaired) electrons. The second kappa shape index (κ2) is 6.36. The SMILES string of the molecule is NC(=O)CCc1ccc(Cl)c(Oc2ncc(N)cn2)c1F. The van der Waals surface area contributed by atoms with Crippen LogP contribution in [0.25, 0.3) is 0 Å². The van der Waals surface area contributed by atoms with Gasteiger partial charge in [0.05, 0.1) is 23.1 Å². The van der Waals surface area contributed by atoms with Crippen molar-refractivity contribution < 1.29 is 13.9 Å². The van der Waals surface area contributed by atoms with E-state index >= 15 is 0 Å². The summed E-state index contributed by atoms with van der Waals surface area (Å²) in [5.41, 5.74) is 11.1. The summed E-state index contributed by atoms with van der Waals surface area (Å²) in [6.07, 6.45) is 2.82. The van der Waals surface area contributed by atoms with Gasteiger partial charge in [-0.1, -0.05) is 17.7 Å². The first-order chi connectivity index (χ1) is 9.97. The Labute approximate surface area is 124 Å². The van der Waals surface area contributed by atoms with Gasteiger partial charge in [-0.3, -0.25) is 4.79 Å². The zero-order valence-corrected chi connectivity index (χ0v) is 11.6. The van der Waals surface area contributed by atoms with Crippen LogP contribution in [0.4, 0.5) is 10.1 Å². The maximum absolute atomic E-state index is 14.3. The van der Waals surface area contributed by atoms with Crippen LogP contribution in [0.15, 0.2) is 24.5 Å². The van der Waals surface area contributed by atoms with Crippen molar-refractivity contribution >= 4 is 23.2 Å². The number of carbonyl (C=O) groups is 1. The summed E-state index contributed by atoms with van der Waals surface area (Å²) in [5, 5.41) is 0.0655.